The van der Waals surface area contributed by atoms with E-state index in [0.29, 0.717) is 0 Å². The van der Waals surface area contributed by atoms with Gasteiger partial charge in [0.25, 0.3) is 0 Å². The highest BCUT2D eigenvalue weighted by atomic mass is 14.5. The zero-order chi connectivity index (χ0) is 39.8. The minimum absolute atomic E-state index is 0.481. The largest absolute Gasteiger partial charge is 0.0725 e. The van der Waals surface area contributed by atoms with Crippen LogP contribution >= 0.6 is 0 Å². The summed E-state index contributed by atoms with van der Waals surface area (Å²) in [5.74, 6) is 0. The molecule has 280 valence electrons. The maximum Gasteiger partial charge on any atom is 0.0725 e. The molecule has 0 fully saturated rings. The standard InChI is InChI=1S/C61H36/c1-3-15-45-37(11-1)23-25-41-31-39-13-9-19-47(53(39)35-55(41)45)43-27-29-51-49-17-5-7-21-57(49)61(59(51)33-43)58-22-8-6-18-50(58)52-30-28-44(34-60(52)61)48-20-10-14-40-32-42-26-24-38-12-2-4-16-46(38)56(42)36-54(40)48/h1-36H. The molecule has 12 aromatic carbocycles. The van der Waals surface area contributed by atoms with Gasteiger partial charge in [0.15, 0.2) is 0 Å². The van der Waals surface area contributed by atoms with Crippen molar-refractivity contribution in [3.05, 3.63) is 241 Å². The zero-order valence-corrected chi connectivity index (χ0v) is 33.3. The van der Waals surface area contributed by atoms with Gasteiger partial charge >= 0.3 is 0 Å². The van der Waals surface area contributed by atoms with Crippen LogP contribution in [0.1, 0.15) is 22.3 Å². The Morgan fingerprint density at radius 3 is 1.08 bits per heavy atom. The van der Waals surface area contributed by atoms with Crippen molar-refractivity contribution < 1.29 is 0 Å². The smallest absolute Gasteiger partial charge is 0.0619 e. The topological polar surface area (TPSA) is 0 Å². The number of hydrogen-bond acceptors (Lipinski definition) is 0. The van der Waals surface area contributed by atoms with E-state index in [9.17, 15) is 0 Å². The first-order valence-corrected chi connectivity index (χ1v) is 21.4. The zero-order valence-electron chi connectivity index (χ0n) is 33.3. The lowest BCUT2D eigenvalue weighted by Crippen LogP contribution is -2.26. The van der Waals surface area contributed by atoms with Gasteiger partial charge in [-0.2, -0.15) is 0 Å². The summed E-state index contributed by atoms with van der Waals surface area (Å²) in [6.07, 6.45) is 0. The maximum atomic E-state index is 2.53. The molecule has 0 saturated heterocycles. The van der Waals surface area contributed by atoms with E-state index < -0.39 is 5.41 Å². The molecule has 0 unspecified atom stereocenters. The molecule has 0 bridgehead atoms. The monoisotopic (exact) mass is 768 g/mol. The Kier molecular flexibility index (Phi) is 6.58. The molecule has 0 heterocycles. The van der Waals surface area contributed by atoms with Gasteiger partial charge in [-0.1, -0.05) is 182 Å². The molecule has 2 aliphatic carbocycles. The molecule has 61 heavy (non-hydrogen) atoms. The first-order chi connectivity index (χ1) is 30.2. The Morgan fingerprint density at radius 1 is 0.197 bits per heavy atom. The molecule has 0 N–H and O–H groups in total. The van der Waals surface area contributed by atoms with Crippen molar-refractivity contribution >= 4 is 64.6 Å². The molecule has 0 aliphatic heterocycles. The first kappa shape index (κ1) is 33.1. The van der Waals surface area contributed by atoms with Gasteiger partial charge in [-0.15, -0.1) is 0 Å². The summed E-state index contributed by atoms with van der Waals surface area (Å²) in [4.78, 5) is 0. The Morgan fingerprint density at radius 2 is 0.574 bits per heavy atom. The SMILES string of the molecule is c1ccc2c(c1)-c1ccc(-c3cccc4cc5ccc6ccccc6c5cc34)cc1C21c2ccccc2-c2ccc(-c3cccc4cc5ccc6ccccc6c5cc34)cc21. The van der Waals surface area contributed by atoms with Crippen molar-refractivity contribution in [2.45, 2.75) is 5.41 Å². The third-order valence-electron chi connectivity index (χ3n) is 14.2. The number of hydrogen-bond donors (Lipinski definition) is 0. The van der Waals surface area contributed by atoms with Crippen LogP contribution in [0.3, 0.4) is 0 Å². The van der Waals surface area contributed by atoms with E-state index in [1.807, 2.05) is 0 Å². The van der Waals surface area contributed by atoms with Crippen LogP contribution in [-0.4, -0.2) is 0 Å². The second kappa shape index (κ2) is 12.1. The molecule has 0 aromatic heterocycles. The third kappa shape index (κ3) is 4.44. The van der Waals surface area contributed by atoms with Crippen molar-refractivity contribution in [3.63, 3.8) is 0 Å². The summed E-state index contributed by atoms with van der Waals surface area (Å²) >= 11 is 0. The molecule has 0 radical (unpaired) electrons. The van der Waals surface area contributed by atoms with E-state index in [0.717, 1.165) is 0 Å². The predicted molar refractivity (Wildman–Crippen MR) is 259 cm³/mol. The lowest BCUT2D eigenvalue weighted by atomic mass is 9.70. The van der Waals surface area contributed by atoms with Gasteiger partial charge in [-0.05, 0) is 168 Å². The third-order valence-corrected chi connectivity index (χ3v) is 14.2. The minimum Gasteiger partial charge on any atom is -0.0619 e. The second-order valence-electron chi connectivity index (χ2n) is 17.1. The molecule has 0 heteroatoms. The molecule has 14 rings (SSSR count). The summed E-state index contributed by atoms with van der Waals surface area (Å²) in [6.45, 7) is 0. The summed E-state index contributed by atoms with van der Waals surface area (Å²) in [5, 5.41) is 15.3. The Labute approximate surface area is 353 Å². The molecule has 12 aromatic rings. The van der Waals surface area contributed by atoms with Gasteiger partial charge in [0, 0.05) is 0 Å². The fourth-order valence-electron chi connectivity index (χ4n) is 11.5. The highest BCUT2D eigenvalue weighted by molar-refractivity contribution is 6.16. The van der Waals surface area contributed by atoms with E-state index in [1.54, 1.807) is 0 Å². The lowest BCUT2D eigenvalue weighted by Gasteiger charge is -2.31. The highest BCUT2D eigenvalue weighted by Crippen LogP contribution is 2.63. The summed E-state index contributed by atoms with van der Waals surface area (Å²) in [6, 6.07) is 82.7. The fourth-order valence-corrected chi connectivity index (χ4v) is 11.5. The maximum absolute atomic E-state index is 2.53. The molecule has 0 saturated carbocycles. The predicted octanol–water partition coefficient (Wildman–Crippen LogP) is 16.3. The van der Waals surface area contributed by atoms with Gasteiger partial charge in [-0.3, -0.25) is 0 Å². The molecular weight excluding hydrogens is 733 g/mol. The van der Waals surface area contributed by atoms with Gasteiger partial charge in [0.1, 0.15) is 0 Å². The molecular formula is C61H36. The molecule has 0 nitrogen and oxygen atoms in total. The first-order valence-electron chi connectivity index (χ1n) is 21.4. The lowest BCUT2D eigenvalue weighted by molar-refractivity contribution is 0.794. The number of benzene rings is 12. The van der Waals surface area contributed by atoms with Crippen molar-refractivity contribution in [2.24, 2.45) is 0 Å². The van der Waals surface area contributed by atoms with E-state index in [-0.39, 0.29) is 0 Å². The van der Waals surface area contributed by atoms with Crippen molar-refractivity contribution in [2.75, 3.05) is 0 Å². The van der Waals surface area contributed by atoms with Gasteiger partial charge < -0.3 is 0 Å². The summed E-state index contributed by atoms with van der Waals surface area (Å²) in [7, 11) is 0. The van der Waals surface area contributed by atoms with Crippen LogP contribution in [0, 0.1) is 0 Å². The summed E-state index contributed by atoms with van der Waals surface area (Å²) in [5.41, 5.74) is 15.2. The van der Waals surface area contributed by atoms with Crippen LogP contribution < -0.4 is 0 Å². The van der Waals surface area contributed by atoms with E-state index in [2.05, 4.69) is 218 Å². The molecule has 0 amide bonds. The number of rotatable bonds is 2. The van der Waals surface area contributed by atoms with Crippen LogP contribution in [0.5, 0.6) is 0 Å². The molecule has 0 atom stereocenters. The fraction of sp³-hybridized carbons (Fsp3) is 0.0164. The second-order valence-corrected chi connectivity index (χ2v) is 17.1. The Hall–Kier alpha value is -7.80. The van der Waals surface area contributed by atoms with Crippen LogP contribution in [0.2, 0.25) is 0 Å². The molecule has 2 aliphatic rings. The average Bonchev–Trinajstić information content (AvgIpc) is 3.79. The molecule has 1 spiro atoms. The van der Waals surface area contributed by atoms with Crippen LogP contribution in [0.15, 0.2) is 218 Å². The normalized spacial score (nSPS) is 13.4. The van der Waals surface area contributed by atoms with Crippen molar-refractivity contribution in [1.82, 2.24) is 0 Å². The Balaban J connectivity index is 1.03. The van der Waals surface area contributed by atoms with E-state index in [1.165, 1.54) is 131 Å². The van der Waals surface area contributed by atoms with Gasteiger partial charge in [0.05, 0.1) is 5.41 Å². The quantitative estimate of drug-likeness (QED) is 0.121. The van der Waals surface area contributed by atoms with Gasteiger partial charge in [0.2, 0.25) is 0 Å². The Bertz CT molecular complexity index is 3630. The van der Waals surface area contributed by atoms with Crippen LogP contribution in [0.25, 0.3) is 109 Å². The summed E-state index contributed by atoms with van der Waals surface area (Å²) < 4.78 is 0. The highest BCUT2D eigenvalue weighted by Gasteiger charge is 2.51. The van der Waals surface area contributed by atoms with Gasteiger partial charge in [-0.25, -0.2) is 0 Å². The van der Waals surface area contributed by atoms with Crippen molar-refractivity contribution in [1.29, 1.82) is 0 Å². The van der Waals surface area contributed by atoms with E-state index in [4.69, 9.17) is 0 Å². The van der Waals surface area contributed by atoms with Crippen molar-refractivity contribution in [3.8, 4) is 44.5 Å². The van der Waals surface area contributed by atoms with Crippen LogP contribution in [0.4, 0.5) is 0 Å². The number of fused-ring (bicyclic) bond motifs is 18. The van der Waals surface area contributed by atoms with E-state index >= 15 is 0 Å². The minimum atomic E-state index is -0.481. The average molecular weight is 769 g/mol. The van der Waals surface area contributed by atoms with Crippen LogP contribution in [-0.2, 0) is 5.41 Å².